The van der Waals surface area contributed by atoms with Crippen molar-refractivity contribution in [3.63, 3.8) is 0 Å². The van der Waals surface area contributed by atoms with Crippen LogP contribution >= 0.6 is 0 Å². The maximum atomic E-state index is 3.08. The zero-order valence-corrected chi connectivity index (χ0v) is 5.30. The predicted octanol–water partition coefficient (Wildman–Crippen LogP) is 1.60. The number of allylic oxidation sites excluding steroid dienone is 2. The van der Waals surface area contributed by atoms with Gasteiger partial charge in [-0.1, -0.05) is 6.08 Å². The minimum absolute atomic E-state index is 0.877. The molecule has 1 nitrogen and oxygen atoms in total. The molecule has 0 unspecified atom stereocenters. The number of hydrogen-bond donors (Lipinski definition) is 1. The van der Waals surface area contributed by atoms with Crippen LogP contribution in [-0.4, -0.2) is 0 Å². The van der Waals surface area contributed by atoms with Gasteiger partial charge in [0, 0.05) is 0 Å². The van der Waals surface area contributed by atoms with Gasteiger partial charge in [0.05, 0.1) is 6.54 Å². The lowest BCUT2D eigenvalue weighted by atomic mass is 10.1. The predicted molar refractivity (Wildman–Crippen MR) is 37.4 cm³/mol. The molecule has 47 valence electrons. The van der Waals surface area contributed by atoms with Gasteiger partial charge in [0.15, 0.2) is 0 Å². The molecular weight excluding hydrogens is 110 g/mol. The summed E-state index contributed by atoms with van der Waals surface area (Å²) in [6, 6.07) is 0. The quantitative estimate of drug-likeness (QED) is 0.554. The smallest absolute Gasteiger partial charge is 0.0714 e. The van der Waals surface area contributed by atoms with E-state index in [4.69, 9.17) is 0 Å². The van der Waals surface area contributed by atoms with Crippen molar-refractivity contribution in [3.8, 4) is 0 Å². The molecule has 1 heteroatoms. The molecule has 0 spiro atoms. The van der Waals surface area contributed by atoms with E-state index in [0.29, 0.717) is 0 Å². The van der Waals surface area contributed by atoms with E-state index in [1.54, 1.807) is 0 Å². The zero-order chi connectivity index (χ0) is 6.10. The van der Waals surface area contributed by atoms with Gasteiger partial charge in [-0.2, -0.15) is 0 Å². The van der Waals surface area contributed by atoms with E-state index in [2.05, 4.69) is 24.0 Å². The molecule has 0 aromatic rings. The van der Waals surface area contributed by atoms with Crippen molar-refractivity contribution in [2.45, 2.75) is 12.8 Å². The molecule has 2 aliphatic rings. The second-order valence-electron chi connectivity index (χ2n) is 2.61. The van der Waals surface area contributed by atoms with Crippen LogP contribution in [-0.2, 0) is 0 Å². The summed E-state index contributed by atoms with van der Waals surface area (Å²) >= 11 is 0. The molecule has 2 rings (SSSR count). The maximum Gasteiger partial charge on any atom is 0.0714 e. The topological polar surface area (TPSA) is 12.0 Å². The van der Waals surface area contributed by atoms with Crippen molar-refractivity contribution in [1.29, 1.82) is 0 Å². The Hall–Kier alpha value is -0.720. The van der Waals surface area contributed by atoms with Crippen LogP contribution in [0.3, 0.4) is 0 Å². The van der Waals surface area contributed by atoms with Crippen LogP contribution in [0.1, 0.15) is 12.8 Å². The molecule has 0 amide bonds. The Balaban J connectivity index is 2.07. The maximum absolute atomic E-state index is 3.08. The molecular formula is C8H10N. The lowest BCUT2D eigenvalue weighted by molar-refractivity contribution is 0.926. The highest BCUT2D eigenvalue weighted by Crippen LogP contribution is 2.37. The van der Waals surface area contributed by atoms with Crippen molar-refractivity contribution in [2.75, 3.05) is 0 Å². The monoisotopic (exact) mass is 120 g/mol. The largest absolute Gasteiger partial charge is 0.382 e. The van der Waals surface area contributed by atoms with E-state index in [9.17, 15) is 0 Å². The summed E-state index contributed by atoms with van der Waals surface area (Å²) in [5.41, 5.74) is 1.47. The van der Waals surface area contributed by atoms with Crippen molar-refractivity contribution in [2.24, 2.45) is 5.92 Å². The third kappa shape index (κ3) is 0.995. The SMILES string of the molecule is [CH]1NC=CC=C1C1CC1. The first-order chi connectivity index (χ1) is 4.47. The highest BCUT2D eigenvalue weighted by atomic mass is 14.8. The summed E-state index contributed by atoms with van der Waals surface area (Å²) in [6.07, 6.45) is 8.98. The minimum Gasteiger partial charge on any atom is -0.382 e. The summed E-state index contributed by atoms with van der Waals surface area (Å²) in [5.74, 6) is 0.877. The van der Waals surface area contributed by atoms with Crippen molar-refractivity contribution >= 4 is 0 Å². The minimum atomic E-state index is 0.877. The van der Waals surface area contributed by atoms with Gasteiger partial charge in [-0.05, 0) is 36.6 Å². The highest BCUT2D eigenvalue weighted by molar-refractivity contribution is 5.28. The van der Waals surface area contributed by atoms with Crippen LogP contribution in [0.2, 0.25) is 0 Å². The van der Waals surface area contributed by atoms with E-state index >= 15 is 0 Å². The van der Waals surface area contributed by atoms with Gasteiger partial charge in [-0.25, -0.2) is 0 Å². The van der Waals surface area contributed by atoms with E-state index in [-0.39, 0.29) is 0 Å². The van der Waals surface area contributed by atoms with E-state index in [0.717, 1.165) is 5.92 Å². The lowest BCUT2D eigenvalue weighted by Crippen LogP contribution is -2.06. The van der Waals surface area contributed by atoms with Gasteiger partial charge in [0.1, 0.15) is 0 Å². The second kappa shape index (κ2) is 1.90. The van der Waals surface area contributed by atoms with Crippen molar-refractivity contribution in [1.82, 2.24) is 5.32 Å². The van der Waals surface area contributed by atoms with Crippen LogP contribution in [0.15, 0.2) is 23.9 Å². The standard InChI is InChI=1S/C8H10N/c1-2-8(6-9-5-1)7-3-4-7/h1-2,5-7,9H,3-4H2. The Morgan fingerprint density at radius 3 is 2.89 bits per heavy atom. The van der Waals surface area contributed by atoms with Gasteiger partial charge < -0.3 is 5.32 Å². The van der Waals surface area contributed by atoms with Crippen LogP contribution in [0.4, 0.5) is 0 Å². The molecule has 9 heavy (non-hydrogen) atoms. The summed E-state index contributed by atoms with van der Waals surface area (Å²) in [7, 11) is 0. The number of dihydropyridines is 1. The van der Waals surface area contributed by atoms with Crippen LogP contribution in [0.5, 0.6) is 0 Å². The lowest BCUT2D eigenvalue weighted by Gasteiger charge is -2.07. The Morgan fingerprint density at radius 2 is 2.33 bits per heavy atom. The molecule has 1 fully saturated rings. The molecule has 1 radical (unpaired) electrons. The molecule has 1 saturated carbocycles. The second-order valence-corrected chi connectivity index (χ2v) is 2.61. The first-order valence-electron chi connectivity index (χ1n) is 3.43. The van der Waals surface area contributed by atoms with E-state index in [1.165, 1.54) is 18.4 Å². The Morgan fingerprint density at radius 1 is 1.44 bits per heavy atom. The van der Waals surface area contributed by atoms with E-state index < -0.39 is 0 Å². The molecule has 0 aromatic carbocycles. The van der Waals surface area contributed by atoms with Gasteiger partial charge in [0.2, 0.25) is 0 Å². The van der Waals surface area contributed by atoms with Crippen LogP contribution in [0, 0.1) is 12.5 Å². The molecule has 0 atom stereocenters. The Labute approximate surface area is 55.5 Å². The number of rotatable bonds is 1. The van der Waals surface area contributed by atoms with Gasteiger partial charge in [-0.15, -0.1) is 0 Å². The Bertz CT molecular complexity index is 163. The van der Waals surface area contributed by atoms with Crippen LogP contribution < -0.4 is 5.32 Å². The molecule has 1 aliphatic heterocycles. The summed E-state index contributed by atoms with van der Waals surface area (Å²) in [5, 5.41) is 3.08. The normalized spacial score (nSPS) is 25.1. The van der Waals surface area contributed by atoms with Gasteiger partial charge in [-0.3, -0.25) is 0 Å². The summed E-state index contributed by atoms with van der Waals surface area (Å²) in [6.45, 7) is 2.09. The first-order valence-corrected chi connectivity index (χ1v) is 3.43. The van der Waals surface area contributed by atoms with Crippen molar-refractivity contribution in [3.05, 3.63) is 30.5 Å². The summed E-state index contributed by atoms with van der Waals surface area (Å²) < 4.78 is 0. The average Bonchev–Trinajstić information content (AvgIpc) is 2.71. The fourth-order valence-electron chi connectivity index (χ4n) is 1.08. The Kier molecular flexibility index (Phi) is 1.08. The third-order valence-corrected chi connectivity index (χ3v) is 1.78. The van der Waals surface area contributed by atoms with E-state index in [1.807, 2.05) is 6.20 Å². The first kappa shape index (κ1) is 5.10. The molecule has 0 bridgehead atoms. The van der Waals surface area contributed by atoms with Crippen molar-refractivity contribution < 1.29 is 0 Å². The molecule has 1 heterocycles. The fraction of sp³-hybridized carbons (Fsp3) is 0.375. The molecule has 0 saturated heterocycles. The molecule has 0 aromatic heterocycles. The van der Waals surface area contributed by atoms with Gasteiger partial charge in [0.25, 0.3) is 0 Å². The fourth-order valence-corrected chi connectivity index (χ4v) is 1.08. The number of hydrogen-bond acceptors (Lipinski definition) is 1. The van der Waals surface area contributed by atoms with Gasteiger partial charge >= 0.3 is 0 Å². The molecule has 1 aliphatic carbocycles. The highest BCUT2D eigenvalue weighted by Gasteiger charge is 2.25. The van der Waals surface area contributed by atoms with Crippen LogP contribution in [0.25, 0.3) is 0 Å². The average molecular weight is 120 g/mol. The molecule has 1 N–H and O–H groups in total. The summed E-state index contributed by atoms with van der Waals surface area (Å²) in [4.78, 5) is 0. The zero-order valence-electron chi connectivity index (χ0n) is 5.30. The number of nitrogens with one attached hydrogen (secondary N) is 1. The third-order valence-electron chi connectivity index (χ3n) is 1.78.